The number of rotatable bonds is 9. The molecule has 72 heavy (non-hydrogen) atoms. The number of allylic oxidation sites excluding steroid dienone is 5. The molecule has 0 aliphatic rings. The van der Waals surface area contributed by atoms with Crippen molar-refractivity contribution in [1.82, 2.24) is 9.13 Å². The third-order valence-electron chi connectivity index (χ3n) is 14.4. The monoisotopic (exact) mass is 923 g/mol. The highest BCUT2D eigenvalue weighted by atomic mass is 16.3. The van der Waals surface area contributed by atoms with E-state index in [2.05, 4.69) is 215 Å². The zero-order valence-electron chi connectivity index (χ0n) is 39.4. The van der Waals surface area contributed by atoms with E-state index in [1.807, 2.05) is 49.4 Å². The van der Waals surface area contributed by atoms with Crippen LogP contribution in [0.2, 0.25) is 0 Å². The lowest BCUT2D eigenvalue weighted by atomic mass is 9.96. The molecule has 14 rings (SSSR count). The fourth-order valence-corrected chi connectivity index (χ4v) is 11.0. The van der Waals surface area contributed by atoms with E-state index in [0.717, 1.165) is 122 Å². The summed E-state index contributed by atoms with van der Waals surface area (Å²) in [6, 6.07) is 75.9. The second kappa shape index (κ2) is 16.5. The molecule has 0 radical (unpaired) electrons. The van der Waals surface area contributed by atoms with E-state index >= 15 is 0 Å². The molecule has 5 nitrogen and oxygen atoms in total. The third-order valence-corrected chi connectivity index (χ3v) is 14.4. The van der Waals surface area contributed by atoms with Crippen molar-refractivity contribution >= 4 is 104 Å². The second-order valence-corrected chi connectivity index (χ2v) is 18.5. The van der Waals surface area contributed by atoms with Gasteiger partial charge in [0.25, 0.3) is 0 Å². The SMILES string of the molecule is C=C(/C=C\C=C/C)c1cc(-c2ccc3c(c2)c2ccc(-c4ccc5c(c4)c4ccccc4n5-c4cccc5c4oc4ccccc45)cc2n3-c2ccccc2)ccc1Nc1cccc2c1oc1ccccc12. The maximum atomic E-state index is 6.58. The minimum absolute atomic E-state index is 0.827. The fraction of sp³-hybridized carbons (Fsp3) is 0.0149. The van der Waals surface area contributed by atoms with Gasteiger partial charge in [0.1, 0.15) is 11.2 Å². The summed E-state index contributed by atoms with van der Waals surface area (Å²) in [6.07, 6.45) is 8.16. The highest BCUT2D eigenvalue weighted by molar-refractivity contribution is 6.15. The molecule has 340 valence electrons. The maximum Gasteiger partial charge on any atom is 0.159 e. The normalized spacial score (nSPS) is 12.2. The van der Waals surface area contributed by atoms with Crippen LogP contribution in [0.3, 0.4) is 0 Å². The van der Waals surface area contributed by atoms with Crippen LogP contribution < -0.4 is 5.32 Å². The zero-order chi connectivity index (χ0) is 47.9. The minimum atomic E-state index is 0.827. The largest absolute Gasteiger partial charge is 0.454 e. The number of nitrogens with zero attached hydrogens (tertiary/aromatic N) is 2. The lowest BCUT2D eigenvalue weighted by Crippen LogP contribution is -1.96. The summed E-state index contributed by atoms with van der Waals surface area (Å²) < 4.78 is 17.8. The minimum Gasteiger partial charge on any atom is -0.454 e. The van der Waals surface area contributed by atoms with Gasteiger partial charge in [-0.05, 0) is 120 Å². The number of benzene rings is 10. The summed E-state index contributed by atoms with van der Waals surface area (Å²) in [5.41, 5.74) is 18.5. The molecular formula is C67H45N3O2. The van der Waals surface area contributed by atoms with Crippen molar-refractivity contribution in [2.24, 2.45) is 0 Å². The Bertz CT molecular complexity index is 4570. The average Bonchev–Trinajstić information content (AvgIpc) is 4.19. The van der Waals surface area contributed by atoms with Gasteiger partial charge in [0, 0.05) is 60.0 Å². The van der Waals surface area contributed by atoms with Crippen LogP contribution in [0.25, 0.3) is 127 Å². The maximum absolute atomic E-state index is 6.58. The first kappa shape index (κ1) is 41.4. The summed E-state index contributed by atoms with van der Waals surface area (Å²) in [7, 11) is 0. The van der Waals surface area contributed by atoms with Gasteiger partial charge in [0.05, 0.1) is 33.4 Å². The van der Waals surface area contributed by atoms with Crippen LogP contribution in [0.5, 0.6) is 0 Å². The number of nitrogens with one attached hydrogen (secondary N) is 1. The van der Waals surface area contributed by atoms with Gasteiger partial charge in [0.15, 0.2) is 11.2 Å². The smallest absolute Gasteiger partial charge is 0.159 e. The topological polar surface area (TPSA) is 48.2 Å². The summed E-state index contributed by atoms with van der Waals surface area (Å²) in [6.45, 7) is 6.58. The molecule has 4 aromatic heterocycles. The molecule has 0 saturated heterocycles. The van der Waals surface area contributed by atoms with Crippen LogP contribution in [0.15, 0.2) is 252 Å². The number of hydrogen-bond donors (Lipinski definition) is 1. The average molecular weight is 924 g/mol. The van der Waals surface area contributed by atoms with E-state index in [0.29, 0.717) is 0 Å². The molecule has 0 fully saturated rings. The number of para-hydroxylation sites is 6. The van der Waals surface area contributed by atoms with E-state index in [1.54, 1.807) is 0 Å². The first-order chi connectivity index (χ1) is 35.6. The Balaban J connectivity index is 0.891. The molecule has 0 spiro atoms. The van der Waals surface area contributed by atoms with E-state index in [1.165, 1.54) is 21.5 Å². The van der Waals surface area contributed by atoms with Crippen molar-refractivity contribution < 1.29 is 8.83 Å². The predicted molar refractivity (Wildman–Crippen MR) is 303 cm³/mol. The number of fused-ring (bicyclic) bond motifs is 12. The van der Waals surface area contributed by atoms with Crippen LogP contribution in [0, 0.1) is 0 Å². The summed E-state index contributed by atoms with van der Waals surface area (Å²) in [4.78, 5) is 0. The molecule has 0 amide bonds. The number of anilines is 2. The van der Waals surface area contributed by atoms with Crippen molar-refractivity contribution in [1.29, 1.82) is 0 Å². The summed E-state index contributed by atoms with van der Waals surface area (Å²) in [5, 5.41) is 12.9. The molecule has 0 aliphatic heterocycles. The van der Waals surface area contributed by atoms with E-state index < -0.39 is 0 Å². The van der Waals surface area contributed by atoms with Crippen molar-refractivity contribution in [2.45, 2.75) is 6.92 Å². The Morgan fingerprint density at radius 2 is 0.972 bits per heavy atom. The van der Waals surface area contributed by atoms with Crippen molar-refractivity contribution in [2.75, 3.05) is 5.32 Å². The van der Waals surface area contributed by atoms with E-state index in [-0.39, 0.29) is 0 Å². The molecule has 0 bridgehead atoms. The Morgan fingerprint density at radius 1 is 0.417 bits per heavy atom. The van der Waals surface area contributed by atoms with Gasteiger partial charge in [-0.2, -0.15) is 0 Å². The van der Waals surface area contributed by atoms with Crippen molar-refractivity contribution in [3.63, 3.8) is 0 Å². The second-order valence-electron chi connectivity index (χ2n) is 18.5. The zero-order valence-corrected chi connectivity index (χ0v) is 39.4. The summed E-state index contributed by atoms with van der Waals surface area (Å²) in [5.74, 6) is 0. The van der Waals surface area contributed by atoms with Gasteiger partial charge in [-0.3, -0.25) is 0 Å². The van der Waals surface area contributed by atoms with Crippen LogP contribution in [0.1, 0.15) is 12.5 Å². The molecule has 10 aromatic carbocycles. The molecule has 0 atom stereocenters. The Labute approximate surface area is 415 Å². The van der Waals surface area contributed by atoms with Gasteiger partial charge < -0.3 is 23.3 Å². The van der Waals surface area contributed by atoms with Gasteiger partial charge >= 0.3 is 0 Å². The van der Waals surface area contributed by atoms with Crippen LogP contribution in [0.4, 0.5) is 11.4 Å². The number of hydrogen-bond acceptors (Lipinski definition) is 3. The molecule has 5 heteroatoms. The van der Waals surface area contributed by atoms with Gasteiger partial charge in [-0.15, -0.1) is 0 Å². The predicted octanol–water partition coefficient (Wildman–Crippen LogP) is 18.9. The van der Waals surface area contributed by atoms with Crippen molar-refractivity contribution in [3.8, 4) is 33.6 Å². The molecule has 0 unspecified atom stereocenters. The molecule has 14 aromatic rings. The highest BCUT2D eigenvalue weighted by Crippen LogP contribution is 2.43. The number of aromatic nitrogens is 2. The quantitative estimate of drug-likeness (QED) is 0.147. The molecule has 0 aliphatic carbocycles. The Kier molecular flexibility index (Phi) is 9.51. The first-order valence-electron chi connectivity index (χ1n) is 24.5. The van der Waals surface area contributed by atoms with Crippen LogP contribution >= 0.6 is 0 Å². The first-order valence-corrected chi connectivity index (χ1v) is 24.5. The third kappa shape index (κ3) is 6.55. The lowest BCUT2D eigenvalue weighted by molar-refractivity contribution is 0.666. The molecule has 4 heterocycles. The fourth-order valence-electron chi connectivity index (χ4n) is 11.0. The lowest BCUT2D eigenvalue weighted by Gasteiger charge is -2.15. The Morgan fingerprint density at radius 3 is 1.72 bits per heavy atom. The number of furan rings is 2. The molecular weight excluding hydrogens is 879 g/mol. The highest BCUT2D eigenvalue weighted by Gasteiger charge is 2.20. The summed E-state index contributed by atoms with van der Waals surface area (Å²) >= 11 is 0. The van der Waals surface area contributed by atoms with Crippen LogP contribution in [-0.4, -0.2) is 9.13 Å². The molecule has 1 N–H and O–H groups in total. The van der Waals surface area contributed by atoms with Gasteiger partial charge in [0.2, 0.25) is 0 Å². The Hall–Kier alpha value is -9.58. The molecule has 0 saturated carbocycles. The van der Waals surface area contributed by atoms with Crippen molar-refractivity contribution in [3.05, 3.63) is 249 Å². The van der Waals surface area contributed by atoms with Gasteiger partial charge in [-0.25, -0.2) is 0 Å². The standard InChI is InChI=1S/C67H45N3O2/c1-3-4-6-17-42(2)54-38-43(31-35-57(54)68-58-25-15-23-52-50-21-10-13-28-64(50)71-66(52)58)44-32-36-60-56(39-44)49-34-30-46(41-63(49)69(60)47-18-7-5-8-19-47)45-33-37-61-55(40-45)48-20-9-12-26-59(48)70(61)62-27-16-24-53-51-22-11-14-29-65(51)72-67(53)62/h3-41,68H,2H2,1H3/b4-3-,17-6-. The van der Waals surface area contributed by atoms with Gasteiger partial charge in [-0.1, -0.05) is 158 Å². The van der Waals surface area contributed by atoms with Crippen LogP contribution in [-0.2, 0) is 0 Å². The van der Waals surface area contributed by atoms with E-state index in [9.17, 15) is 0 Å². The van der Waals surface area contributed by atoms with E-state index in [4.69, 9.17) is 8.83 Å².